The highest BCUT2D eigenvalue weighted by atomic mass is 32.2. The van der Waals surface area contributed by atoms with Gasteiger partial charge in [-0.1, -0.05) is 0 Å². The third-order valence-corrected chi connectivity index (χ3v) is 3.97. The molecular formula is C10H12F3NO2S. The third kappa shape index (κ3) is 3.71. The first-order valence-electron chi connectivity index (χ1n) is 4.87. The fraction of sp³-hybridized carbons (Fsp3) is 0.400. The maximum Gasteiger partial charge on any atom is 0.416 e. The number of hydrogen-bond donors (Lipinski definition) is 1. The molecule has 96 valence electrons. The minimum absolute atomic E-state index is 0.112. The molecule has 7 heteroatoms. The van der Waals surface area contributed by atoms with Gasteiger partial charge in [0.05, 0.1) is 16.2 Å². The van der Waals surface area contributed by atoms with Gasteiger partial charge in [-0.05, 0) is 37.2 Å². The van der Waals surface area contributed by atoms with Crippen LogP contribution in [0.15, 0.2) is 29.2 Å². The van der Waals surface area contributed by atoms with Crippen LogP contribution in [-0.4, -0.2) is 20.7 Å². The van der Waals surface area contributed by atoms with Crippen LogP contribution in [0.4, 0.5) is 13.2 Å². The van der Waals surface area contributed by atoms with Crippen molar-refractivity contribution in [3.05, 3.63) is 29.8 Å². The molecule has 0 saturated heterocycles. The summed E-state index contributed by atoms with van der Waals surface area (Å²) < 4.78 is 60.0. The van der Waals surface area contributed by atoms with Crippen LogP contribution in [0, 0.1) is 0 Å². The zero-order chi connectivity index (χ0) is 13.1. The van der Waals surface area contributed by atoms with E-state index in [1.807, 2.05) is 0 Å². The molecule has 1 aromatic rings. The molecule has 0 aliphatic carbocycles. The quantitative estimate of drug-likeness (QED) is 0.905. The van der Waals surface area contributed by atoms with Crippen LogP contribution < -0.4 is 5.73 Å². The second kappa shape index (κ2) is 5.05. The summed E-state index contributed by atoms with van der Waals surface area (Å²) in [5.41, 5.74) is 4.32. The number of nitrogens with two attached hydrogens (primary N) is 1. The molecule has 0 unspecified atom stereocenters. The van der Waals surface area contributed by atoms with Crippen LogP contribution in [-0.2, 0) is 16.0 Å². The molecule has 1 aromatic carbocycles. The van der Waals surface area contributed by atoms with Gasteiger partial charge in [0.2, 0.25) is 0 Å². The Morgan fingerprint density at radius 3 is 2.06 bits per heavy atom. The SMILES string of the molecule is NCCCS(=O)(=O)c1ccc(C(F)(F)F)cc1. The molecule has 1 rings (SSSR count). The number of alkyl halides is 3. The Morgan fingerprint density at radius 1 is 1.12 bits per heavy atom. The van der Waals surface area contributed by atoms with Crippen LogP contribution in [0.3, 0.4) is 0 Å². The van der Waals surface area contributed by atoms with Crippen molar-refractivity contribution in [2.24, 2.45) is 5.73 Å². The predicted octanol–water partition coefficient (Wildman–Crippen LogP) is 1.83. The van der Waals surface area contributed by atoms with E-state index in [9.17, 15) is 21.6 Å². The van der Waals surface area contributed by atoms with Crippen molar-refractivity contribution in [1.29, 1.82) is 0 Å². The molecule has 0 bridgehead atoms. The van der Waals surface area contributed by atoms with E-state index >= 15 is 0 Å². The van der Waals surface area contributed by atoms with E-state index in [0.29, 0.717) is 0 Å². The van der Waals surface area contributed by atoms with Gasteiger partial charge in [-0.15, -0.1) is 0 Å². The largest absolute Gasteiger partial charge is 0.416 e. The fourth-order valence-corrected chi connectivity index (χ4v) is 2.58. The van der Waals surface area contributed by atoms with Gasteiger partial charge >= 0.3 is 6.18 Å². The summed E-state index contributed by atoms with van der Waals surface area (Å²) >= 11 is 0. The third-order valence-electron chi connectivity index (χ3n) is 2.16. The molecule has 17 heavy (non-hydrogen) atoms. The minimum Gasteiger partial charge on any atom is -0.330 e. The first-order valence-corrected chi connectivity index (χ1v) is 6.52. The number of halogens is 3. The summed E-state index contributed by atoms with van der Waals surface area (Å²) in [6.45, 7) is 0.222. The van der Waals surface area contributed by atoms with E-state index in [0.717, 1.165) is 24.3 Å². The van der Waals surface area contributed by atoms with Crippen molar-refractivity contribution < 1.29 is 21.6 Å². The normalized spacial score (nSPS) is 12.7. The van der Waals surface area contributed by atoms with E-state index in [-0.39, 0.29) is 23.6 Å². The van der Waals surface area contributed by atoms with Gasteiger partial charge in [-0.25, -0.2) is 8.42 Å². The summed E-state index contributed by atoms with van der Waals surface area (Å²) in [6.07, 6.45) is -4.18. The summed E-state index contributed by atoms with van der Waals surface area (Å²) in [4.78, 5) is -0.112. The van der Waals surface area contributed by atoms with Crippen LogP contribution in [0.2, 0.25) is 0 Å². The van der Waals surface area contributed by atoms with E-state index in [4.69, 9.17) is 5.73 Å². The van der Waals surface area contributed by atoms with Crippen LogP contribution in [0.25, 0.3) is 0 Å². The Balaban J connectivity index is 2.95. The molecular weight excluding hydrogens is 255 g/mol. The molecule has 0 aliphatic rings. The van der Waals surface area contributed by atoms with Crippen LogP contribution >= 0.6 is 0 Å². The maximum absolute atomic E-state index is 12.3. The minimum atomic E-state index is -4.46. The Labute approximate surface area is 97.4 Å². The number of hydrogen-bond acceptors (Lipinski definition) is 3. The van der Waals surface area contributed by atoms with Crippen molar-refractivity contribution >= 4 is 9.84 Å². The molecule has 0 radical (unpaired) electrons. The van der Waals surface area contributed by atoms with Crippen molar-refractivity contribution in [3.63, 3.8) is 0 Å². The average Bonchev–Trinajstić information content (AvgIpc) is 2.25. The molecule has 0 atom stereocenters. The van der Waals surface area contributed by atoms with E-state index in [1.54, 1.807) is 0 Å². The highest BCUT2D eigenvalue weighted by Crippen LogP contribution is 2.29. The number of sulfone groups is 1. The molecule has 0 heterocycles. The van der Waals surface area contributed by atoms with Crippen molar-refractivity contribution in [3.8, 4) is 0 Å². The monoisotopic (exact) mass is 267 g/mol. The second-order valence-electron chi connectivity index (χ2n) is 3.48. The molecule has 2 N–H and O–H groups in total. The topological polar surface area (TPSA) is 60.2 Å². The fourth-order valence-electron chi connectivity index (χ4n) is 1.24. The highest BCUT2D eigenvalue weighted by Gasteiger charge is 2.30. The second-order valence-corrected chi connectivity index (χ2v) is 5.59. The van der Waals surface area contributed by atoms with Crippen molar-refractivity contribution in [1.82, 2.24) is 0 Å². The van der Waals surface area contributed by atoms with Gasteiger partial charge in [-0.3, -0.25) is 0 Å². The zero-order valence-electron chi connectivity index (χ0n) is 8.87. The molecule has 0 aromatic heterocycles. The predicted molar refractivity (Wildman–Crippen MR) is 57.2 cm³/mol. The summed E-state index contributed by atoms with van der Waals surface area (Å²) in [5, 5.41) is 0. The van der Waals surface area contributed by atoms with E-state index in [1.165, 1.54) is 0 Å². The first kappa shape index (κ1) is 14.0. The molecule has 3 nitrogen and oxygen atoms in total. The lowest BCUT2D eigenvalue weighted by atomic mass is 10.2. The van der Waals surface area contributed by atoms with Crippen molar-refractivity contribution in [2.45, 2.75) is 17.5 Å². The van der Waals surface area contributed by atoms with Gasteiger partial charge < -0.3 is 5.73 Å². The first-order chi connectivity index (χ1) is 7.77. The lowest BCUT2D eigenvalue weighted by Gasteiger charge is -2.08. The van der Waals surface area contributed by atoms with Crippen molar-refractivity contribution in [2.75, 3.05) is 12.3 Å². The Hall–Kier alpha value is -1.08. The molecule has 0 amide bonds. The average molecular weight is 267 g/mol. The van der Waals surface area contributed by atoms with Crippen LogP contribution in [0.5, 0.6) is 0 Å². The standard InChI is InChI=1S/C10H12F3NO2S/c11-10(12,13)8-2-4-9(5-3-8)17(15,16)7-1-6-14/h2-5H,1,6-7,14H2. The van der Waals surface area contributed by atoms with Gasteiger partial charge in [0.15, 0.2) is 9.84 Å². The molecule has 0 saturated carbocycles. The summed E-state index contributed by atoms with van der Waals surface area (Å²) in [6, 6.07) is 3.45. The molecule has 0 fully saturated rings. The lowest BCUT2D eigenvalue weighted by molar-refractivity contribution is -0.137. The molecule has 0 spiro atoms. The van der Waals surface area contributed by atoms with E-state index < -0.39 is 21.6 Å². The Kier molecular flexibility index (Phi) is 4.16. The summed E-state index contributed by atoms with van der Waals surface area (Å²) in [7, 11) is -3.53. The lowest BCUT2D eigenvalue weighted by Crippen LogP contribution is -2.12. The summed E-state index contributed by atoms with van der Waals surface area (Å²) in [5.74, 6) is -0.158. The smallest absolute Gasteiger partial charge is 0.330 e. The number of rotatable bonds is 4. The van der Waals surface area contributed by atoms with Gasteiger partial charge in [0, 0.05) is 0 Å². The Bertz CT molecular complexity index is 465. The maximum atomic E-state index is 12.3. The van der Waals surface area contributed by atoms with Gasteiger partial charge in [-0.2, -0.15) is 13.2 Å². The van der Waals surface area contributed by atoms with Crippen LogP contribution in [0.1, 0.15) is 12.0 Å². The van der Waals surface area contributed by atoms with Gasteiger partial charge in [0.1, 0.15) is 0 Å². The van der Waals surface area contributed by atoms with Gasteiger partial charge in [0.25, 0.3) is 0 Å². The number of benzene rings is 1. The Morgan fingerprint density at radius 2 is 1.65 bits per heavy atom. The molecule has 0 aliphatic heterocycles. The zero-order valence-corrected chi connectivity index (χ0v) is 9.68. The highest BCUT2D eigenvalue weighted by molar-refractivity contribution is 7.91. The van der Waals surface area contributed by atoms with E-state index in [2.05, 4.69) is 0 Å².